The van der Waals surface area contributed by atoms with Crippen LogP contribution in [0.1, 0.15) is 37.5 Å². The normalized spacial score (nSPS) is 19.9. The van der Waals surface area contributed by atoms with Gasteiger partial charge >= 0.3 is 5.97 Å². The topological polar surface area (TPSA) is 76.0 Å². The SMILES string of the molecule is CCC(C(=O)O)C(O)c1cc2c(cc1OC)CC(C)O2. The van der Waals surface area contributed by atoms with Gasteiger partial charge in [-0.2, -0.15) is 0 Å². The zero-order chi connectivity index (χ0) is 14.9. The van der Waals surface area contributed by atoms with E-state index >= 15 is 0 Å². The molecule has 20 heavy (non-hydrogen) atoms. The molecular weight excluding hydrogens is 260 g/mol. The van der Waals surface area contributed by atoms with Crippen LogP contribution in [0.5, 0.6) is 11.5 Å². The van der Waals surface area contributed by atoms with Crippen molar-refractivity contribution in [2.24, 2.45) is 5.92 Å². The molecule has 0 amide bonds. The number of hydrogen-bond acceptors (Lipinski definition) is 4. The highest BCUT2D eigenvalue weighted by Gasteiger charge is 2.31. The zero-order valence-corrected chi connectivity index (χ0v) is 11.9. The number of methoxy groups -OCH3 is 1. The second kappa shape index (κ2) is 5.71. The molecule has 110 valence electrons. The number of rotatable bonds is 5. The minimum Gasteiger partial charge on any atom is -0.496 e. The van der Waals surface area contributed by atoms with E-state index < -0.39 is 18.0 Å². The quantitative estimate of drug-likeness (QED) is 0.864. The van der Waals surface area contributed by atoms with Crippen molar-refractivity contribution in [3.8, 4) is 11.5 Å². The number of aliphatic hydroxyl groups is 1. The van der Waals surface area contributed by atoms with Crippen molar-refractivity contribution in [3.05, 3.63) is 23.3 Å². The van der Waals surface area contributed by atoms with E-state index in [4.69, 9.17) is 9.47 Å². The molecule has 2 rings (SSSR count). The number of benzene rings is 1. The molecule has 0 radical (unpaired) electrons. The summed E-state index contributed by atoms with van der Waals surface area (Å²) in [6.45, 7) is 3.70. The van der Waals surface area contributed by atoms with Crippen LogP contribution in [0, 0.1) is 5.92 Å². The summed E-state index contributed by atoms with van der Waals surface area (Å²) in [6, 6.07) is 3.53. The number of aliphatic carboxylic acids is 1. The first-order valence-electron chi connectivity index (χ1n) is 6.76. The summed E-state index contributed by atoms with van der Waals surface area (Å²) in [7, 11) is 1.51. The average Bonchev–Trinajstić information content (AvgIpc) is 2.76. The Labute approximate surface area is 118 Å². The zero-order valence-electron chi connectivity index (χ0n) is 11.9. The molecule has 1 aliphatic rings. The Kier molecular flexibility index (Phi) is 4.18. The molecule has 5 heteroatoms. The van der Waals surface area contributed by atoms with Crippen LogP contribution >= 0.6 is 0 Å². The minimum atomic E-state index is -1.11. The van der Waals surface area contributed by atoms with Crippen molar-refractivity contribution >= 4 is 5.97 Å². The maximum atomic E-state index is 11.2. The number of hydrogen-bond donors (Lipinski definition) is 2. The minimum absolute atomic E-state index is 0.0866. The summed E-state index contributed by atoms with van der Waals surface area (Å²) in [4.78, 5) is 11.2. The number of aliphatic hydroxyl groups excluding tert-OH is 1. The van der Waals surface area contributed by atoms with Crippen molar-refractivity contribution in [2.45, 2.75) is 38.9 Å². The number of carboxylic acids is 1. The van der Waals surface area contributed by atoms with Crippen LogP contribution in [0.25, 0.3) is 0 Å². The Morgan fingerprint density at radius 1 is 1.55 bits per heavy atom. The Hall–Kier alpha value is -1.75. The maximum Gasteiger partial charge on any atom is 0.309 e. The molecule has 0 bridgehead atoms. The Morgan fingerprint density at radius 2 is 2.25 bits per heavy atom. The lowest BCUT2D eigenvalue weighted by molar-refractivity contribution is -0.146. The van der Waals surface area contributed by atoms with E-state index in [1.165, 1.54) is 7.11 Å². The van der Waals surface area contributed by atoms with E-state index in [1.54, 1.807) is 13.0 Å². The van der Waals surface area contributed by atoms with Crippen molar-refractivity contribution in [1.29, 1.82) is 0 Å². The molecule has 1 aliphatic heterocycles. The Balaban J connectivity index is 2.41. The predicted octanol–water partition coefficient (Wildman–Crippen LogP) is 2.16. The summed E-state index contributed by atoms with van der Waals surface area (Å²) < 4.78 is 10.9. The molecule has 3 unspecified atom stereocenters. The molecule has 0 spiro atoms. The summed E-state index contributed by atoms with van der Waals surface area (Å²) in [5.41, 5.74) is 1.49. The van der Waals surface area contributed by atoms with Crippen LogP contribution in [0.4, 0.5) is 0 Å². The van der Waals surface area contributed by atoms with E-state index in [-0.39, 0.29) is 6.10 Å². The third kappa shape index (κ3) is 2.58. The van der Waals surface area contributed by atoms with E-state index in [0.29, 0.717) is 23.5 Å². The summed E-state index contributed by atoms with van der Waals surface area (Å²) in [5.74, 6) is -0.668. The van der Waals surface area contributed by atoms with Gasteiger partial charge < -0.3 is 19.7 Å². The lowest BCUT2D eigenvalue weighted by Crippen LogP contribution is -2.21. The van der Waals surface area contributed by atoms with Crippen LogP contribution in [-0.2, 0) is 11.2 Å². The standard InChI is InChI=1S/C15H20O5/c1-4-10(15(17)18)14(16)11-7-12-9(5-8(2)20-12)6-13(11)19-3/h6-8,10,14,16H,4-5H2,1-3H3,(H,17,18). The molecule has 1 aromatic rings. The molecule has 0 fully saturated rings. The number of ether oxygens (including phenoxy) is 2. The van der Waals surface area contributed by atoms with Crippen molar-refractivity contribution in [1.82, 2.24) is 0 Å². The van der Waals surface area contributed by atoms with Gasteiger partial charge in [0.1, 0.15) is 17.6 Å². The van der Waals surface area contributed by atoms with Gasteiger partial charge in [-0.05, 0) is 25.5 Å². The van der Waals surface area contributed by atoms with Gasteiger partial charge in [0, 0.05) is 17.5 Å². The van der Waals surface area contributed by atoms with Crippen LogP contribution < -0.4 is 9.47 Å². The van der Waals surface area contributed by atoms with E-state index in [0.717, 1.165) is 12.0 Å². The first kappa shape index (κ1) is 14.7. The van der Waals surface area contributed by atoms with Gasteiger partial charge in [0.05, 0.1) is 19.1 Å². The van der Waals surface area contributed by atoms with Crippen LogP contribution in [-0.4, -0.2) is 29.4 Å². The number of carboxylic acid groups (broad SMARTS) is 1. The molecular formula is C15H20O5. The van der Waals surface area contributed by atoms with Crippen molar-refractivity contribution in [2.75, 3.05) is 7.11 Å². The fourth-order valence-corrected chi connectivity index (χ4v) is 2.61. The summed E-state index contributed by atoms with van der Waals surface area (Å²) in [6.07, 6.45) is 0.104. The molecule has 2 N–H and O–H groups in total. The molecule has 0 aliphatic carbocycles. The van der Waals surface area contributed by atoms with Gasteiger partial charge in [-0.15, -0.1) is 0 Å². The van der Waals surface area contributed by atoms with E-state index in [9.17, 15) is 15.0 Å². The lowest BCUT2D eigenvalue weighted by Gasteiger charge is -2.21. The number of carbonyl (C=O) groups is 1. The molecule has 0 aromatic heterocycles. The van der Waals surface area contributed by atoms with Crippen LogP contribution in [0.15, 0.2) is 12.1 Å². The monoisotopic (exact) mass is 280 g/mol. The first-order valence-corrected chi connectivity index (χ1v) is 6.76. The maximum absolute atomic E-state index is 11.2. The lowest BCUT2D eigenvalue weighted by atomic mass is 9.92. The van der Waals surface area contributed by atoms with Crippen LogP contribution in [0.3, 0.4) is 0 Å². The van der Waals surface area contributed by atoms with E-state index in [2.05, 4.69) is 0 Å². The molecule has 1 aromatic carbocycles. The Bertz CT molecular complexity index is 511. The van der Waals surface area contributed by atoms with E-state index in [1.807, 2.05) is 13.0 Å². The van der Waals surface area contributed by atoms with Gasteiger partial charge in [-0.3, -0.25) is 4.79 Å². The van der Waals surface area contributed by atoms with Crippen LogP contribution in [0.2, 0.25) is 0 Å². The highest BCUT2D eigenvalue weighted by Crippen LogP contribution is 2.39. The van der Waals surface area contributed by atoms with Crippen molar-refractivity contribution in [3.63, 3.8) is 0 Å². The Morgan fingerprint density at radius 3 is 2.80 bits per heavy atom. The smallest absolute Gasteiger partial charge is 0.309 e. The highest BCUT2D eigenvalue weighted by molar-refractivity contribution is 5.71. The fraction of sp³-hybridized carbons (Fsp3) is 0.533. The average molecular weight is 280 g/mol. The fourth-order valence-electron chi connectivity index (χ4n) is 2.61. The largest absolute Gasteiger partial charge is 0.496 e. The second-order valence-electron chi connectivity index (χ2n) is 5.13. The summed E-state index contributed by atoms with van der Waals surface area (Å²) >= 11 is 0. The molecule has 3 atom stereocenters. The van der Waals surface area contributed by atoms with Gasteiger partial charge in [0.25, 0.3) is 0 Å². The first-order chi connectivity index (χ1) is 9.47. The summed E-state index contributed by atoms with van der Waals surface area (Å²) in [5, 5.41) is 19.5. The van der Waals surface area contributed by atoms with Gasteiger partial charge in [-0.1, -0.05) is 6.92 Å². The van der Waals surface area contributed by atoms with Gasteiger partial charge in [0.15, 0.2) is 0 Å². The molecule has 1 heterocycles. The van der Waals surface area contributed by atoms with Crippen molar-refractivity contribution < 1.29 is 24.5 Å². The third-order valence-electron chi connectivity index (χ3n) is 3.71. The highest BCUT2D eigenvalue weighted by atomic mass is 16.5. The second-order valence-corrected chi connectivity index (χ2v) is 5.13. The number of fused-ring (bicyclic) bond motifs is 1. The predicted molar refractivity (Wildman–Crippen MR) is 73.2 cm³/mol. The third-order valence-corrected chi connectivity index (χ3v) is 3.71. The molecule has 0 saturated carbocycles. The van der Waals surface area contributed by atoms with Gasteiger partial charge in [-0.25, -0.2) is 0 Å². The van der Waals surface area contributed by atoms with Gasteiger partial charge in [0.2, 0.25) is 0 Å². The molecule has 0 saturated heterocycles. The molecule has 5 nitrogen and oxygen atoms in total.